The van der Waals surface area contributed by atoms with E-state index in [2.05, 4.69) is 5.32 Å². The molecule has 0 aromatic heterocycles. The Kier molecular flexibility index (Phi) is 4.27. The summed E-state index contributed by atoms with van der Waals surface area (Å²) >= 11 is 1.63. The summed E-state index contributed by atoms with van der Waals surface area (Å²) < 4.78 is 0. The maximum atomic E-state index is 12.2. The van der Waals surface area contributed by atoms with Crippen molar-refractivity contribution in [2.24, 2.45) is 0 Å². The van der Waals surface area contributed by atoms with E-state index in [-0.39, 0.29) is 5.91 Å². The second kappa shape index (κ2) is 5.93. The van der Waals surface area contributed by atoms with Crippen LogP contribution in [0.2, 0.25) is 0 Å². The van der Waals surface area contributed by atoms with E-state index in [1.165, 1.54) is 0 Å². The third kappa shape index (κ3) is 3.38. The molecule has 1 amide bonds. The van der Waals surface area contributed by atoms with Crippen LogP contribution >= 0.6 is 11.8 Å². The van der Waals surface area contributed by atoms with E-state index in [1.807, 2.05) is 62.6 Å². The van der Waals surface area contributed by atoms with Crippen LogP contribution in [0.5, 0.6) is 0 Å². The van der Waals surface area contributed by atoms with Crippen molar-refractivity contribution in [3.8, 4) is 0 Å². The van der Waals surface area contributed by atoms with Crippen LogP contribution in [0.25, 0.3) is 0 Å². The van der Waals surface area contributed by atoms with Gasteiger partial charge in [0.25, 0.3) is 5.91 Å². The normalized spacial score (nSPS) is 10.3. The lowest BCUT2D eigenvalue weighted by molar-refractivity contribution is 0.102. The van der Waals surface area contributed by atoms with E-state index in [9.17, 15) is 4.79 Å². The van der Waals surface area contributed by atoms with Crippen LogP contribution in [-0.2, 0) is 0 Å². The van der Waals surface area contributed by atoms with Crippen molar-refractivity contribution in [1.82, 2.24) is 0 Å². The van der Waals surface area contributed by atoms with Gasteiger partial charge in [-0.05, 0) is 55.5 Å². The van der Waals surface area contributed by atoms with Crippen molar-refractivity contribution in [3.05, 3.63) is 59.2 Å². The van der Waals surface area contributed by atoms with Gasteiger partial charge in [0.1, 0.15) is 0 Å². The monoisotopic (exact) mass is 271 g/mol. The largest absolute Gasteiger partial charge is 0.322 e. The second-order valence-corrected chi connectivity index (χ2v) is 5.38. The summed E-state index contributed by atoms with van der Waals surface area (Å²) in [5, 5.41) is 2.97. The first-order valence-electron chi connectivity index (χ1n) is 6.13. The molecule has 0 aliphatic heterocycles. The number of aryl methyl sites for hydroxylation is 2. The minimum absolute atomic E-state index is 0.0652. The van der Waals surface area contributed by atoms with Gasteiger partial charge in [-0.2, -0.15) is 0 Å². The second-order valence-electron chi connectivity index (χ2n) is 4.50. The van der Waals surface area contributed by atoms with Gasteiger partial charge in [-0.25, -0.2) is 0 Å². The van der Waals surface area contributed by atoms with Crippen molar-refractivity contribution < 1.29 is 4.79 Å². The first kappa shape index (κ1) is 13.7. The predicted molar refractivity (Wildman–Crippen MR) is 82.1 cm³/mol. The summed E-state index contributed by atoms with van der Waals surface area (Å²) in [6.07, 6.45) is 2.00. The van der Waals surface area contributed by atoms with Crippen LogP contribution in [0.3, 0.4) is 0 Å². The molecule has 0 spiro atoms. The van der Waals surface area contributed by atoms with Crippen molar-refractivity contribution in [3.63, 3.8) is 0 Å². The molecule has 0 radical (unpaired) electrons. The maximum Gasteiger partial charge on any atom is 0.255 e. The molecule has 0 saturated heterocycles. The zero-order chi connectivity index (χ0) is 13.8. The lowest BCUT2D eigenvalue weighted by Gasteiger charge is -2.10. The van der Waals surface area contributed by atoms with E-state index in [4.69, 9.17) is 0 Å². The Bertz CT molecular complexity index is 607. The number of hydrogen-bond acceptors (Lipinski definition) is 2. The lowest BCUT2D eigenvalue weighted by atomic mass is 10.1. The molecule has 2 aromatic rings. The average molecular weight is 271 g/mol. The van der Waals surface area contributed by atoms with Crippen molar-refractivity contribution in [1.29, 1.82) is 0 Å². The van der Waals surface area contributed by atoms with Crippen molar-refractivity contribution in [2.45, 2.75) is 18.7 Å². The highest BCUT2D eigenvalue weighted by Gasteiger charge is 2.08. The highest BCUT2D eigenvalue weighted by molar-refractivity contribution is 7.98. The molecule has 19 heavy (non-hydrogen) atoms. The third-order valence-electron chi connectivity index (χ3n) is 2.97. The number of carbonyl (C=O) groups excluding carboxylic acids is 1. The molecule has 0 saturated carbocycles. The average Bonchev–Trinajstić information content (AvgIpc) is 2.43. The smallest absolute Gasteiger partial charge is 0.255 e. The Hall–Kier alpha value is -1.74. The summed E-state index contributed by atoms with van der Waals surface area (Å²) in [5.41, 5.74) is 3.77. The molecule has 98 valence electrons. The molecule has 0 atom stereocenters. The van der Waals surface area contributed by atoms with Gasteiger partial charge < -0.3 is 5.32 Å². The van der Waals surface area contributed by atoms with Crippen LogP contribution in [0.4, 0.5) is 5.69 Å². The molecule has 0 fully saturated rings. The standard InChI is InChI=1S/C16H17NOS/c1-11-7-8-12(2)15(9-11)17-16(18)13-5-4-6-14(10-13)19-3/h4-10H,1-3H3,(H,17,18). The number of anilines is 1. The summed E-state index contributed by atoms with van der Waals surface area (Å²) in [4.78, 5) is 13.3. The quantitative estimate of drug-likeness (QED) is 0.844. The predicted octanol–water partition coefficient (Wildman–Crippen LogP) is 4.28. The molecular weight excluding hydrogens is 254 g/mol. The highest BCUT2D eigenvalue weighted by atomic mass is 32.2. The summed E-state index contributed by atoms with van der Waals surface area (Å²) in [6, 6.07) is 13.7. The molecule has 3 heteroatoms. The molecule has 2 aromatic carbocycles. The van der Waals surface area contributed by atoms with Gasteiger partial charge in [-0.1, -0.05) is 18.2 Å². The van der Waals surface area contributed by atoms with E-state index < -0.39 is 0 Å². The van der Waals surface area contributed by atoms with Gasteiger partial charge >= 0.3 is 0 Å². The van der Waals surface area contributed by atoms with Crippen molar-refractivity contribution >= 4 is 23.4 Å². The van der Waals surface area contributed by atoms with E-state index >= 15 is 0 Å². The SMILES string of the molecule is CSc1cccc(C(=O)Nc2cc(C)ccc2C)c1. The minimum atomic E-state index is -0.0652. The fraction of sp³-hybridized carbons (Fsp3) is 0.188. The Balaban J connectivity index is 2.22. The van der Waals surface area contributed by atoms with Crippen LogP contribution in [0, 0.1) is 13.8 Å². The van der Waals surface area contributed by atoms with E-state index in [0.717, 1.165) is 21.7 Å². The molecule has 0 heterocycles. The zero-order valence-electron chi connectivity index (χ0n) is 11.4. The lowest BCUT2D eigenvalue weighted by Crippen LogP contribution is -2.12. The van der Waals surface area contributed by atoms with E-state index in [1.54, 1.807) is 11.8 Å². The van der Waals surface area contributed by atoms with Crippen LogP contribution in [0.15, 0.2) is 47.4 Å². The van der Waals surface area contributed by atoms with Crippen molar-refractivity contribution in [2.75, 3.05) is 11.6 Å². The Morgan fingerprint density at radius 2 is 1.89 bits per heavy atom. The Labute approximate surface area is 118 Å². The molecule has 2 rings (SSSR count). The van der Waals surface area contributed by atoms with Gasteiger partial charge in [0.15, 0.2) is 0 Å². The van der Waals surface area contributed by atoms with Crippen LogP contribution < -0.4 is 5.32 Å². The number of hydrogen-bond donors (Lipinski definition) is 1. The molecule has 1 N–H and O–H groups in total. The van der Waals surface area contributed by atoms with Gasteiger partial charge in [-0.15, -0.1) is 11.8 Å². The fourth-order valence-electron chi connectivity index (χ4n) is 1.83. The summed E-state index contributed by atoms with van der Waals surface area (Å²) in [7, 11) is 0. The molecule has 0 aliphatic carbocycles. The number of nitrogens with one attached hydrogen (secondary N) is 1. The fourth-order valence-corrected chi connectivity index (χ4v) is 2.29. The topological polar surface area (TPSA) is 29.1 Å². The number of carbonyl (C=O) groups is 1. The van der Waals surface area contributed by atoms with Crippen LogP contribution in [0.1, 0.15) is 21.5 Å². The maximum absolute atomic E-state index is 12.2. The number of benzene rings is 2. The van der Waals surface area contributed by atoms with Gasteiger partial charge in [0, 0.05) is 16.1 Å². The van der Waals surface area contributed by atoms with E-state index in [0.29, 0.717) is 5.56 Å². The first-order valence-corrected chi connectivity index (χ1v) is 7.35. The molecular formula is C16H17NOS. The number of amides is 1. The summed E-state index contributed by atoms with van der Waals surface area (Å²) in [5.74, 6) is -0.0652. The van der Waals surface area contributed by atoms with Crippen LogP contribution in [-0.4, -0.2) is 12.2 Å². The molecule has 0 unspecified atom stereocenters. The molecule has 0 bridgehead atoms. The summed E-state index contributed by atoms with van der Waals surface area (Å²) in [6.45, 7) is 4.01. The number of rotatable bonds is 3. The minimum Gasteiger partial charge on any atom is -0.322 e. The van der Waals surface area contributed by atoms with Gasteiger partial charge in [0.05, 0.1) is 0 Å². The van der Waals surface area contributed by atoms with Gasteiger partial charge in [-0.3, -0.25) is 4.79 Å². The van der Waals surface area contributed by atoms with Gasteiger partial charge in [0.2, 0.25) is 0 Å². The Morgan fingerprint density at radius 1 is 1.11 bits per heavy atom. The molecule has 2 nitrogen and oxygen atoms in total. The first-order chi connectivity index (χ1) is 9.10. The Morgan fingerprint density at radius 3 is 2.63 bits per heavy atom. The zero-order valence-corrected chi connectivity index (χ0v) is 12.2. The number of thioether (sulfide) groups is 1. The molecule has 0 aliphatic rings. The highest BCUT2D eigenvalue weighted by Crippen LogP contribution is 2.19. The third-order valence-corrected chi connectivity index (χ3v) is 3.70.